The number of nitrogens with one attached hydrogen (secondary N) is 1. The lowest BCUT2D eigenvalue weighted by Gasteiger charge is -2.21. The Bertz CT molecular complexity index is 767. The molecule has 1 aliphatic heterocycles. The number of nitrogens with zero attached hydrogens (tertiary/aromatic N) is 4. The minimum atomic E-state index is 0.00398. The Morgan fingerprint density at radius 2 is 1.96 bits per heavy atom. The molecule has 6 nitrogen and oxygen atoms in total. The monoisotopic (exact) mass is 341 g/mol. The van der Waals surface area contributed by atoms with Gasteiger partial charge in [0.2, 0.25) is 0 Å². The summed E-state index contributed by atoms with van der Waals surface area (Å²) in [6.07, 6.45) is 0.807. The van der Waals surface area contributed by atoms with Crippen LogP contribution in [0.1, 0.15) is 22.5 Å². The molecule has 3 rings (SSSR count). The molecule has 2 aromatic rings. The molecule has 0 fully saturated rings. The molecule has 1 aromatic heterocycles. The van der Waals surface area contributed by atoms with Gasteiger partial charge in [-0.15, -0.1) is 0 Å². The zero-order chi connectivity index (χ0) is 18.0. The van der Waals surface area contributed by atoms with Gasteiger partial charge in [-0.05, 0) is 37.5 Å². The molecular weight excluding hydrogens is 314 g/mol. The molecule has 0 spiro atoms. The molecule has 0 aliphatic carbocycles. The van der Waals surface area contributed by atoms with E-state index in [0.717, 1.165) is 30.9 Å². The van der Waals surface area contributed by atoms with Crippen molar-refractivity contribution < 1.29 is 4.79 Å². The molecule has 1 aromatic carbocycles. The Kier molecular flexibility index (Phi) is 4.97. The molecule has 0 saturated carbocycles. The molecule has 0 unspecified atom stereocenters. The van der Waals surface area contributed by atoms with Crippen LogP contribution < -0.4 is 10.2 Å². The largest absolute Gasteiger partial charge is 0.373 e. The Labute approximate surface area is 149 Å². The SMILES string of the molecule is Cc1nn(C)c(C)c1CCNC(=O)N1CCN(C)c2ccccc2C1. The van der Waals surface area contributed by atoms with Crippen molar-refractivity contribution in [3.8, 4) is 0 Å². The zero-order valence-electron chi connectivity index (χ0n) is 15.5. The summed E-state index contributed by atoms with van der Waals surface area (Å²) >= 11 is 0. The van der Waals surface area contributed by atoms with Gasteiger partial charge in [-0.1, -0.05) is 18.2 Å². The first-order valence-electron chi connectivity index (χ1n) is 8.78. The Hall–Kier alpha value is -2.50. The van der Waals surface area contributed by atoms with Gasteiger partial charge >= 0.3 is 6.03 Å². The number of anilines is 1. The number of rotatable bonds is 3. The number of amides is 2. The third-order valence-electron chi connectivity index (χ3n) is 5.07. The number of carbonyl (C=O) groups is 1. The van der Waals surface area contributed by atoms with E-state index in [4.69, 9.17) is 0 Å². The van der Waals surface area contributed by atoms with E-state index in [-0.39, 0.29) is 6.03 Å². The number of carbonyl (C=O) groups excluding carboxylic acids is 1. The van der Waals surface area contributed by atoms with Gasteiger partial charge in [0, 0.05) is 51.7 Å². The molecule has 0 saturated heterocycles. The molecule has 25 heavy (non-hydrogen) atoms. The van der Waals surface area contributed by atoms with E-state index in [1.54, 1.807) is 0 Å². The number of urea groups is 1. The smallest absolute Gasteiger partial charge is 0.317 e. The number of fused-ring (bicyclic) bond motifs is 1. The highest BCUT2D eigenvalue weighted by Crippen LogP contribution is 2.23. The van der Waals surface area contributed by atoms with E-state index in [1.807, 2.05) is 35.7 Å². The van der Waals surface area contributed by atoms with Gasteiger partial charge in [0.15, 0.2) is 0 Å². The lowest BCUT2D eigenvalue weighted by molar-refractivity contribution is 0.198. The molecule has 1 aliphatic rings. The standard InChI is InChI=1S/C19H27N5O/c1-14-17(15(2)23(4)21-14)9-10-20-19(25)24-12-11-22(3)18-8-6-5-7-16(18)13-24/h5-8H,9-13H2,1-4H3,(H,20,25). The Morgan fingerprint density at radius 1 is 1.20 bits per heavy atom. The van der Waals surface area contributed by atoms with Gasteiger partial charge in [0.05, 0.1) is 5.69 Å². The fourth-order valence-electron chi connectivity index (χ4n) is 3.45. The van der Waals surface area contributed by atoms with Crippen LogP contribution in [0, 0.1) is 13.8 Å². The lowest BCUT2D eigenvalue weighted by atomic mass is 10.1. The number of aromatic nitrogens is 2. The second-order valence-corrected chi connectivity index (χ2v) is 6.73. The minimum Gasteiger partial charge on any atom is -0.373 e. The third kappa shape index (κ3) is 3.62. The molecular formula is C19H27N5O. The summed E-state index contributed by atoms with van der Waals surface area (Å²) in [6, 6.07) is 8.29. The highest BCUT2D eigenvalue weighted by Gasteiger charge is 2.21. The second kappa shape index (κ2) is 7.17. The van der Waals surface area contributed by atoms with Crippen LogP contribution in [0.5, 0.6) is 0 Å². The fourth-order valence-corrected chi connectivity index (χ4v) is 3.45. The first kappa shape index (κ1) is 17.3. The number of hydrogen-bond donors (Lipinski definition) is 1. The molecule has 2 heterocycles. The van der Waals surface area contributed by atoms with Crippen molar-refractivity contribution in [1.82, 2.24) is 20.0 Å². The second-order valence-electron chi connectivity index (χ2n) is 6.73. The quantitative estimate of drug-likeness (QED) is 0.931. The van der Waals surface area contributed by atoms with E-state index in [2.05, 4.69) is 41.4 Å². The van der Waals surface area contributed by atoms with E-state index in [0.29, 0.717) is 13.1 Å². The predicted molar refractivity (Wildman–Crippen MR) is 99.9 cm³/mol. The maximum Gasteiger partial charge on any atom is 0.317 e. The summed E-state index contributed by atoms with van der Waals surface area (Å²) in [5, 5.41) is 7.50. The summed E-state index contributed by atoms with van der Waals surface area (Å²) in [5.41, 5.74) is 5.83. The molecule has 6 heteroatoms. The Morgan fingerprint density at radius 3 is 2.68 bits per heavy atom. The number of aryl methyl sites for hydroxylation is 2. The summed E-state index contributed by atoms with van der Waals surface area (Å²) in [6.45, 7) is 6.93. The third-order valence-corrected chi connectivity index (χ3v) is 5.07. The van der Waals surface area contributed by atoms with Crippen LogP contribution in [0.3, 0.4) is 0 Å². The molecule has 0 radical (unpaired) electrons. The normalized spacial score (nSPS) is 14.2. The average molecular weight is 341 g/mol. The van der Waals surface area contributed by atoms with Crippen molar-refractivity contribution in [3.63, 3.8) is 0 Å². The van der Waals surface area contributed by atoms with Crippen molar-refractivity contribution in [3.05, 3.63) is 46.8 Å². The van der Waals surface area contributed by atoms with E-state index >= 15 is 0 Å². The first-order chi connectivity index (χ1) is 12.0. The Balaban J connectivity index is 1.60. The maximum atomic E-state index is 12.6. The van der Waals surface area contributed by atoms with Gasteiger partial charge in [-0.25, -0.2) is 4.79 Å². The van der Waals surface area contributed by atoms with Crippen molar-refractivity contribution in [2.45, 2.75) is 26.8 Å². The summed E-state index contributed by atoms with van der Waals surface area (Å²) in [4.78, 5) is 16.7. The highest BCUT2D eigenvalue weighted by molar-refractivity contribution is 5.75. The van der Waals surface area contributed by atoms with E-state index in [1.165, 1.54) is 16.8 Å². The lowest BCUT2D eigenvalue weighted by Crippen LogP contribution is -2.42. The first-order valence-corrected chi connectivity index (χ1v) is 8.78. The zero-order valence-corrected chi connectivity index (χ0v) is 15.5. The number of para-hydroxylation sites is 1. The van der Waals surface area contributed by atoms with Crippen molar-refractivity contribution >= 4 is 11.7 Å². The topological polar surface area (TPSA) is 53.4 Å². The van der Waals surface area contributed by atoms with Gasteiger partial charge < -0.3 is 15.1 Å². The van der Waals surface area contributed by atoms with Crippen LogP contribution in [0.25, 0.3) is 0 Å². The van der Waals surface area contributed by atoms with Gasteiger partial charge in [0.1, 0.15) is 0 Å². The molecule has 134 valence electrons. The number of likely N-dealkylation sites (N-methyl/N-ethyl adjacent to an activating group) is 1. The maximum absolute atomic E-state index is 12.6. The van der Waals surface area contributed by atoms with Gasteiger partial charge in [-0.2, -0.15) is 5.10 Å². The number of hydrogen-bond acceptors (Lipinski definition) is 3. The summed E-state index contributed by atoms with van der Waals surface area (Å²) in [5.74, 6) is 0. The predicted octanol–water partition coefficient (Wildman–Crippen LogP) is 2.24. The van der Waals surface area contributed by atoms with Crippen molar-refractivity contribution in [2.75, 3.05) is 31.6 Å². The van der Waals surface area contributed by atoms with Crippen molar-refractivity contribution in [2.24, 2.45) is 7.05 Å². The van der Waals surface area contributed by atoms with Crippen LogP contribution >= 0.6 is 0 Å². The van der Waals surface area contributed by atoms with E-state index in [9.17, 15) is 4.79 Å². The minimum absolute atomic E-state index is 0.00398. The van der Waals surface area contributed by atoms with Crippen molar-refractivity contribution in [1.29, 1.82) is 0 Å². The van der Waals surface area contributed by atoms with Crippen LogP contribution in [-0.2, 0) is 20.0 Å². The molecule has 1 N–H and O–H groups in total. The fraction of sp³-hybridized carbons (Fsp3) is 0.474. The number of benzene rings is 1. The van der Waals surface area contributed by atoms with Gasteiger partial charge in [0.25, 0.3) is 0 Å². The molecule has 0 atom stereocenters. The molecule has 0 bridgehead atoms. The van der Waals surface area contributed by atoms with Gasteiger partial charge in [-0.3, -0.25) is 4.68 Å². The highest BCUT2D eigenvalue weighted by atomic mass is 16.2. The van der Waals surface area contributed by atoms with Crippen LogP contribution in [0.15, 0.2) is 24.3 Å². The van der Waals surface area contributed by atoms with Crippen LogP contribution in [-0.4, -0.2) is 47.4 Å². The molecule has 2 amide bonds. The average Bonchev–Trinajstić information content (AvgIpc) is 2.75. The van der Waals surface area contributed by atoms with Crippen LogP contribution in [0.2, 0.25) is 0 Å². The van der Waals surface area contributed by atoms with Crippen LogP contribution in [0.4, 0.5) is 10.5 Å². The summed E-state index contributed by atoms with van der Waals surface area (Å²) < 4.78 is 1.90. The van der Waals surface area contributed by atoms with E-state index < -0.39 is 0 Å². The summed E-state index contributed by atoms with van der Waals surface area (Å²) in [7, 11) is 4.03.